The van der Waals surface area contributed by atoms with Crippen molar-refractivity contribution in [2.45, 2.75) is 25.9 Å². The summed E-state index contributed by atoms with van der Waals surface area (Å²) in [5.41, 5.74) is 3.61. The van der Waals surface area contributed by atoms with Crippen LogP contribution in [0.4, 0.5) is 0 Å². The highest BCUT2D eigenvalue weighted by Gasteiger charge is 2.12. The molecule has 0 aliphatic rings. The highest BCUT2D eigenvalue weighted by atomic mass is 16.2. The van der Waals surface area contributed by atoms with Gasteiger partial charge >= 0.3 is 0 Å². The van der Waals surface area contributed by atoms with Crippen molar-refractivity contribution < 1.29 is 4.79 Å². The Balaban J connectivity index is 1.37. The Labute approximate surface area is 155 Å². The van der Waals surface area contributed by atoms with Gasteiger partial charge in [0.05, 0.1) is 11.9 Å². The predicted octanol–water partition coefficient (Wildman–Crippen LogP) is 1.96. The second kappa shape index (κ2) is 7.36. The Bertz CT molecular complexity index is 1050. The number of hydrogen-bond donors (Lipinski definition) is 2. The quantitative estimate of drug-likeness (QED) is 0.547. The van der Waals surface area contributed by atoms with Crippen LogP contribution in [-0.4, -0.2) is 41.9 Å². The van der Waals surface area contributed by atoms with E-state index in [1.807, 2.05) is 37.4 Å². The molecule has 0 fully saturated rings. The lowest BCUT2D eigenvalue weighted by atomic mass is 10.1. The molecule has 0 aliphatic heterocycles. The third-order valence-corrected chi connectivity index (χ3v) is 4.23. The summed E-state index contributed by atoms with van der Waals surface area (Å²) in [6.07, 6.45) is 9.28. The van der Waals surface area contributed by atoms with Crippen LogP contribution in [0, 0.1) is 0 Å². The maximum absolute atomic E-state index is 12.3. The summed E-state index contributed by atoms with van der Waals surface area (Å²) in [6, 6.07) is 7.99. The number of fused-ring (bicyclic) bond motifs is 1. The average Bonchev–Trinajstić information content (AvgIpc) is 3.30. The van der Waals surface area contributed by atoms with E-state index in [1.165, 1.54) is 0 Å². The van der Waals surface area contributed by atoms with Gasteiger partial charge < -0.3 is 10.3 Å². The Kier molecular flexibility index (Phi) is 4.61. The van der Waals surface area contributed by atoms with Gasteiger partial charge in [-0.2, -0.15) is 0 Å². The second-order valence-electron chi connectivity index (χ2n) is 6.45. The summed E-state index contributed by atoms with van der Waals surface area (Å²) in [4.78, 5) is 23.7. The number of carbonyl (C=O) groups is 1. The first-order valence-corrected chi connectivity index (χ1v) is 8.69. The lowest BCUT2D eigenvalue weighted by Gasteiger charge is -2.13. The molecule has 3 heterocycles. The van der Waals surface area contributed by atoms with Crippen LogP contribution in [0.1, 0.15) is 12.6 Å². The minimum absolute atomic E-state index is 0.0480. The first-order chi connectivity index (χ1) is 13.2. The molecular formula is C19H19N7O. The Morgan fingerprint density at radius 2 is 2.22 bits per heavy atom. The molecule has 2 N–H and O–H groups in total. The summed E-state index contributed by atoms with van der Waals surface area (Å²) in [6.45, 7) is 2.05. The van der Waals surface area contributed by atoms with Crippen LogP contribution in [0.25, 0.3) is 22.2 Å². The van der Waals surface area contributed by atoms with Crippen molar-refractivity contribution in [1.82, 2.24) is 35.3 Å². The molecule has 0 saturated carbocycles. The van der Waals surface area contributed by atoms with Crippen molar-refractivity contribution >= 4 is 16.8 Å². The molecule has 0 radical (unpaired) electrons. The lowest BCUT2D eigenvalue weighted by Crippen LogP contribution is -2.36. The fraction of sp³-hybridized carbons (Fsp3) is 0.211. The Morgan fingerprint density at radius 1 is 1.30 bits per heavy atom. The first-order valence-electron chi connectivity index (χ1n) is 8.69. The van der Waals surface area contributed by atoms with Crippen LogP contribution >= 0.6 is 0 Å². The van der Waals surface area contributed by atoms with Gasteiger partial charge in [-0.25, -0.2) is 4.68 Å². The molecule has 4 rings (SSSR count). The minimum atomic E-state index is -0.121. The zero-order chi connectivity index (χ0) is 18.6. The smallest absolute Gasteiger partial charge is 0.242 e. The topological polar surface area (TPSA) is 101 Å². The maximum atomic E-state index is 12.3. The average molecular weight is 361 g/mol. The minimum Gasteiger partial charge on any atom is -0.361 e. The number of aromatic amines is 1. The summed E-state index contributed by atoms with van der Waals surface area (Å²) >= 11 is 0. The summed E-state index contributed by atoms with van der Waals surface area (Å²) in [5.74, 6) is -0.121. The summed E-state index contributed by atoms with van der Waals surface area (Å²) < 4.78 is 1.54. The monoisotopic (exact) mass is 361 g/mol. The van der Waals surface area contributed by atoms with Crippen molar-refractivity contribution in [3.8, 4) is 11.3 Å². The molecule has 0 saturated heterocycles. The molecule has 136 valence electrons. The van der Waals surface area contributed by atoms with E-state index >= 15 is 0 Å². The number of H-pyrrole nitrogens is 1. The van der Waals surface area contributed by atoms with Crippen LogP contribution < -0.4 is 5.32 Å². The van der Waals surface area contributed by atoms with Gasteiger partial charge in [-0.15, -0.1) is 5.10 Å². The number of hydrogen-bond acceptors (Lipinski definition) is 5. The van der Waals surface area contributed by atoms with Crippen molar-refractivity contribution in [2.75, 3.05) is 0 Å². The number of amides is 1. The van der Waals surface area contributed by atoms with E-state index in [0.717, 1.165) is 27.9 Å². The largest absolute Gasteiger partial charge is 0.361 e. The van der Waals surface area contributed by atoms with Crippen LogP contribution in [0.5, 0.6) is 0 Å². The molecule has 27 heavy (non-hydrogen) atoms. The van der Waals surface area contributed by atoms with Gasteiger partial charge in [-0.1, -0.05) is 11.3 Å². The van der Waals surface area contributed by atoms with Gasteiger partial charge in [0, 0.05) is 53.7 Å². The molecule has 3 aromatic heterocycles. The van der Waals surface area contributed by atoms with Crippen molar-refractivity contribution in [2.24, 2.45) is 0 Å². The zero-order valence-electron chi connectivity index (χ0n) is 14.8. The van der Waals surface area contributed by atoms with Crippen molar-refractivity contribution in [1.29, 1.82) is 0 Å². The number of nitrogens with one attached hydrogen (secondary N) is 2. The third kappa shape index (κ3) is 4.00. The van der Waals surface area contributed by atoms with Gasteiger partial charge in [0.15, 0.2) is 0 Å². The number of nitrogens with zero attached hydrogens (tertiary/aromatic N) is 5. The maximum Gasteiger partial charge on any atom is 0.242 e. The second-order valence-corrected chi connectivity index (χ2v) is 6.45. The molecule has 8 nitrogen and oxygen atoms in total. The van der Waals surface area contributed by atoms with Crippen molar-refractivity contribution in [3.63, 3.8) is 0 Å². The van der Waals surface area contributed by atoms with Crippen molar-refractivity contribution in [3.05, 3.63) is 60.9 Å². The zero-order valence-corrected chi connectivity index (χ0v) is 14.8. The molecule has 0 aliphatic carbocycles. The highest BCUT2D eigenvalue weighted by molar-refractivity contribution is 5.84. The van der Waals surface area contributed by atoms with E-state index in [4.69, 9.17) is 0 Å². The lowest BCUT2D eigenvalue weighted by molar-refractivity contribution is -0.122. The normalized spacial score (nSPS) is 12.2. The third-order valence-electron chi connectivity index (χ3n) is 4.23. The van der Waals surface area contributed by atoms with Gasteiger partial charge in [-0.05, 0) is 25.1 Å². The van der Waals surface area contributed by atoms with E-state index in [2.05, 4.69) is 30.6 Å². The Morgan fingerprint density at radius 3 is 3.07 bits per heavy atom. The number of aromatic nitrogens is 6. The van der Waals surface area contributed by atoms with E-state index in [9.17, 15) is 4.79 Å². The molecular weight excluding hydrogens is 342 g/mol. The highest BCUT2D eigenvalue weighted by Crippen LogP contribution is 2.21. The van der Waals surface area contributed by atoms with Crippen LogP contribution in [-0.2, 0) is 17.8 Å². The van der Waals surface area contributed by atoms with E-state index in [1.54, 1.807) is 29.5 Å². The molecule has 8 heteroatoms. The molecule has 0 spiro atoms. The number of rotatable bonds is 6. The molecule has 1 amide bonds. The molecule has 4 aromatic rings. The van der Waals surface area contributed by atoms with Crippen LogP contribution in [0.2, 0.25) is 0 Å². The van der Waals surface area contributed by atoms with Gasteiger partial charge in [0.2, 0.25) is 5.91 Å². The summed E-state index contributed by atoms with van der Waals surface area (Å²) in [5, 5.41) is 12.3. The van der Waals surface area contributed by atoms with Gasteiger partial charge in [0.25, 0.3) is 0 Å². The molecule has 1 aromatic carbocycles. The van der Waals surface area contributed by atoms with E-state index in [-0.39, 0.29) is 18.5 Å². The Hall–Kier alpha value is -3.55. The van der Waals surface area contributed by atoms with Crippen LogP contribution in [0.15, 0.2) is 55.2 Å². The molecule has 1 unspecified atom stereocenters. The molecule has 1 atom stereocenters. The van der Waals surface area contributed by atoms with E-state index < -0.39 is 0 Å². The van der Waals surface area contributed by atoms with Crippen LogP contribution in [0.3, 0.4) is 0 Å². The van der Waals surface area contributed by atoms with E-state index in [0.29, 0.717) is 6.42 Å². The van der Waals surface area contributed by atoms with Gasteiger partial charge in [-0.3, -0.25) is 14.8 Å². The SMILES string of the molecule is CC(Cc1cnccn1)NC(=O)Cn1cc(-c2ccc3[nH]ccc3c2)nn1. The predicted molar refractivity (Wildman–Crippen MR) is 101 cm³/mol. The fourth-order valence-electron chi connectivity index (χ4n) is 2.99. The fourth-order valence-corrected chi connectivity index (χ4v) is 2.99. The van der Waals surface area contributed by atoms with Gasteiger partial charge in [0.1, 0.15) is 12.2 Å². The number of benzene rings is 1. The first kappa shape index (κ1) is 16.9. The summed E-state index contributed by atoms with van der Waals surface area (Å²) in [7, 11) is 0. The number of carbonyl (C=O) groups excluding carboxylic acids is 1. The molecule has 0 bridgehead atoms. The standard InChI is InChI=1S/C19H19N7O/c1-13(8-16-10-20-6-7-21-16)23-19(27)12-26-11-18(24-25-26)14-2-3-17-15(9-14)4-5-22-17/h2-7,9-11,13,22H,8,12H2,1H3,(H,23,27).